The van der Waals surface area contributed by atoms with Crippen LogP contribution in [0.25, 0.3) is 21.3 Å². The molecule has 0 radical (unpaired) electrons. The van der Waals surface area contributed by atoms with E-state index in [2.05, 4.69) is 22.0 Å². The number of nitrogens with zero attached hydrogens (tertiary/aromatic N) is 2. The van der Waals surface area contributed by atoms with Gasteiger partial charge in [0.2, 0.25) is 0 Å². The van der Waals surface area contributed by atoms with E-state index >= 15 is 0 Å². The number of rotatable bonds is 9. The van der Waals surface area contributed by atoms with E-state index in [1.54, 1.807) is 7.11 Å². The molecule has 36 heavy (non-hydrogen) atoms. The number of hydrogen-bond donors (Lipinski definition) is 2. The van der Waals surface area contributed by atoms with Crippen molar-refractivity contribution in [2.24, 2.45) is 0 Å². The molecule has 1 fully saturated rings. The number of fused-ring (bicyclic) bond motifs is 1. The van der Waals surface area contributed by atoms with E-state index in [0.29, 0.717) is 36.8 Å². The first-order valence-corrected chi connectivity index (χ1v) is 13.6. The minimum absolute atomic E-state index is 0.134. The van der Waals surface area contributed by atoms with Gasteiger partial charge in [0.25, 0.3) is 5.56 Å². The summed E-state index contributed by atoms with van der Waals surface area (Å²) < 4.78 is 5.52. The van der Waals surface area contributed by atoms with Gasteiger partial charge < -0.3 is 14.8 Å². The monoisotopic (exact) mass is 503 g/mol. The second-order valence-corrected chi connectivity index (χ2v) is 10.5. The predicted molar refractivity (Wildman–Crippen MR) is 146 cm³/mol. The summed E-state index contributed by atoms with van der Waals surface area (Å²) in [5.41, 5.74) is 2.73. The van der Waals surface area contributed by atoms with Crippen LogP contribution in [-0.4, -0.2) is 45.8 Å². The molecule has 188 valence electrons. The quantitative estimate of drug-likeness (QED) is 0.320. The van der Waals surface area contributed by atoms with Crippen LogP contribution < -0.4 is 10.3 Å². The molecule has 1 aliphatic rings. The molecule has 1 atom stereocenters. The van der Waals surface area contributed by atoms with Crippen molar-refractivity contribution in [2.45, 2.75) is 57.2 Å². The molecule has 0 spiro atoms. The Labute approximate surface area is 215 Å². The largest absolute Gasteiger partial charge is 0.496 e. The van der Waals surface area contributed by atoms with Crippen LogP contribution in [0.5, 0.6) is 5.75 Å². The summed E-state index contributed by atoms with van der Waals surface area (Å²) in [7, 11) is 1.64. The minimum atomic E-state index is -0.483. The number of aromatic amines is 1. The number of nitrogens with one attached hydrogen (secondary N) is 1. The number of hydrogen-bond acceptors (Lipinski definition) is 6. The highest BCUT2D eigenvalue weighted by Crippen LogP contribution is 2.36. The van der Waals surface area contributed by atoms with Crippen LogP contribution in [0.1, 0.15) is 43.5 Å². The summed E-state index contributed by atoms with van der Waals surface area (Å²) in [6, 6.07) is 18.2. The third kappa shape index (κ3) is 5.53. The normalized spacial score (nSPS) is 15.4. The van der Waals surface area contributed by atoms with E-state index in [1.807, 2.05) is 47.8 Å². The van der Waals surface area contributed by atoms with Crippen LogP contribution in [0.2, 0.25) is 0 Å². The van der Waals surface area contributed by atoms with Crippen molar-refractivity contribution >= 4 is 21.6 Å². The lowest BCUT2D eigenvalue weighted by Gasteiger charge is -2.35. The van der Waals surface area contributed by atoms with Crippen LogP contribution in [0, 0.1) is 0 Å². The molecule has 2 aromatic carbocycles. The summed E-state index contributed by atoms with van der Waals surface area (Å²) in [5.74, 6) is 1.38. The molecule has 1 aliphatic carbocycles. The van der Waals surface area contributed by atoms with Crippen LogP contribution in [0.4, 0.5) is 0 Å². The van der Waals surface area contributed by atoms with Gasteiger partial charge in [-0.15, -0.1) is 11.3 Å². The molecule has 2 aromatic heterocycles. The van der Waals surface area contributed by atoms with Crippen LogP contribution >= 0.6 is 11.3 Å². The lowest BCUT2D eigenvalue weighted by Crippen LogP contribution is -2.42. The summed E-state index contributed by atoms with van der Waals surface area (Å²) in [5, 5.41) is 13.5. The van der Waals surface area contributed by atoms with Gasteiger partial charge in [-0.25, -0.2) is 4.98 Å². The number of benzene rings is 2. The third-order valence-corrected chi connectivity index (χ3v) is 7.97. The third-order valence-electron chi connectivity index (χ3n) is 7.09. The van der Waals surface area contributed by atoms with Gasteiger partial charge in [-0.2, -0.15) is 0 Å². The van der Waals surface area contributed by atoms with Gasteiger partial charge in [-0.05, 0) is 30.9 Å². The Morgan fingerprint density at radius 1 is 1.08 bits per heavy atom. The number of methoxy groups -OCH3 is 1. The number of H-pyrrole nitrogens is 1. The van der Waals surface area contributed by atoms with Gasteiger partial charge in [0.15, 0.2) is 0 Å². The molecule has 1 unspecified atom stereocenters. The Morgan fingerprint density at radius 3 is 2.61 bits per heavy atom. The van der Waals surface area contributed by atoms with Crippen molar-refractivity contribution in [1.82, 2.24) is 14.9 Å². The molecular formula is C29H33N3O3S. The zero-order chi connectivity index (χ0) is 24.9. The molecule has 6 nitrogen and oxygen atoms in total. The lowest BCUT2D eigenvalue weighted by atomic mass is 9.93. The molecule has 0 bridgehead atoms. The Kier molecular flexibility index (Phi) is 7.80. The molecular weight excluding hydrogens is 470 g/mol. The van der Waals surface area contributed by atoms with Crippen LogP contribution in [-0.2, 0) is 13.0 Å². The van der Waals surface area contributed by atoms with Gasteiger partial charge >= 0.3 is 0 Å². The van der Waals surface area contributed by atoms with Crippen molar-refractivity contribution < 1.29 is 9.84 Å². The van der Waals surface area contributed by atoms with Crippen molar-refractivity contribution in [3.05, 3.63) is 81.7 Å². The SMILES string of the molecule is COc1ccccc1-c1csc2nc(CN(CC(O)Cc3ccccc3)C3CCCCC3)[nH]c(=O)c12. The maximum atomic E-state index is 13.3. The average molecular weight is 504 g/mol. The number of thiophene rings is 1. The summed E-state index contributed by atoms with van der Waals surface area (Å²) >= 11 is 1.48. The topological polar surface area (TPSA) is 78.5 Å². The van der Waals surface area contributed by atoms with E-state index in [0.717, 1.165) is 40.1 Å². The van der Waals surface area contributed by atoms with Crippen molar-refractivity contribution in [1.29, 1.82) is 0 Å². The minimum Gasteiger partial charge on any atom is -0.496 e. The van der Waals surface area contributed by atoms with Gasteiger partial charge in [-0.3, -0.25) is 9.69 Å². The van der Waals surface area contributed by atoms with Crippen molar-refractivity contribution in [3.63, 3.8) is 0 Å². The molecule has 7 heteroatoms. The molecule has 2 N–H and O–H groups in total. The van der Waals surface area contributed by atoms with Crippen molar-refractivity contribution in [2.75, 3.05) is 13.7 Å². The Hall–Kier alpha value is -3.00. The highest BCUT2D eigenvalue weighted by atomic mass is 32.1. The van der Waals surface area contributed by atoms with Crippen LogP contribution in [0.15, 0.2) is 64.8 Å². The van der Waals surface area contributed by atoms with Gasteiger partial charge in [0.1, 0.15) is 16.4 Å². The fourth-order valence-electron chi connectivity index (χ4n) is 5.34. The zero-order valence-electron chi connectivity index (χ0n) is 20.7. The molecule has 0 aliphatic heterocycles. The molecule has 0 amide bonds. The van der Waals surface area contributed by atoms with Gasteiger partial charge in [0, 0.05) is 29.1 Å². The van der Waals surface area contributed by atoms with Crippen molar-refractivity contribution in [3.8, 4) is 16.9 Å². The van der Waals surface area contributed by atoms with E-state index < -0.39 is 6.10 Å². The van der Waals surface area contributed by atoms with Gasteiger partial charge in [0.05, 0.1) is 25.1 Å². The maximum absolute atomic E-state index is 13.3. The first-order chi connectivity index (χ1) is 17.6. The first kappa shape index (κ1) is 24.7. The van der Waals surface area contributed by atoms with E-state index in [4.69, 9.17) is 9.72 Å². The fraction of sp³-hybridized carbons (Fsp3) is 0.379. The average Bonchev–Trinajstić information content (AvgIpc) is 3.34. The predicted octanol–water partition coefficient (Wildman–Crippen LogP) is 5.40. The fourth-order valence-corrected chi connectivity index (χ4v) is 6.29. The van der Waals surface area contributed by atoms with Gasteiger partial charge in [-0.1, -0.05) is 67.8 Å². The Morgan fingerprint density at radius 2 is 1.83 bits per heavy atom. The summed E-state index contributed by atoms with van der Waals surface area (Å²) in [6.45, 7) is 1.07. The molecule has 5 rings (SSSR count). The second-order valence-electron chi connectivity index (χ2n) is 9.61. The molecule has 4 aromatic rings. The van der Waals surface area contributed by atoms with E-state index in [-0.39, 0.29) is 5.56 Å². The smallest absolute Gasteiger partial charge is 0.260 e. The lowest BCUT2D eigenvalue weighted by molar-refractivity contribution is 0.0662. The van der Waals surface area contributed by atoms with E-state index in [9.17, 15) is 9.90 Å². The second kappa shape index (κ2) is 11.4. The first-order valence-electron chi connectivity index (χ1n) is 12.7. The van der Waals surface area contributed by atoms with Crippen LogP contribution in [0.3, 0.4) is 0 Å². The van der Waals surface area contributed by atoms with E-state index in [1.165, 1.54) is 30.6 Å². The highest BCUT2D eigenvalue weighted by Gasteiger charge is 2.25. The number of aromatic nitrogens is 2. The molecule has 2 heterocycles. The number of ether oxygens (including phenoxy) is 1. The number of aliphatic hydroxyl groups is 1. The summed E-state index contributed by atoms with van der Waals surface area (Å²) in [6.07, 6.45) is 6.02. The summed E-state index contributed by atoms with van der Waals surface area (Å²) in [4.78, 5) is 24.2. The zero-order valence-corrected chi connectivity index (χ0v) is 21.5. The maximum Gasteiger partial charge on any atom is 0.260 e. The molecule has 1 saturated carbocycles. The molecule has 0 saturated heterocycles. The Balaban J connectivity index is 1.41. The number of para-hydroxylation sites is 1. The number of aliphatic hydroxyl groups excluding tert-OH is 1. The Bertz CT molecular complexity index is 1340. The standard InChI is InChI=1S/C29H33N3O3S/c1-35-25-15-9-8-14-23(25)24-19-36-29-27(24)28(34)30-26(31-29)18-32(21-12-6-3-7-13-21)17-22(33)16-20-10-4-2-5-11-20/h2,4-5,8-11,14-15,19,21-22,33H,3,6-7,12-13,16-18H2,1H3,(H,30,31,34). The highest BCUT2D eigenvalue weighted by molar-refractivity contribution is 7.17.